The highest BCUT2D eigenvalue weighted by Crippen LogP contribution is 2.32. The van der Waals surface area contributed by atoms with Gasteiger partial charge in [-0.25, -0.2) is 9.07 Å². The van der Waals surface area contributed by atoms with Crippen molar-refractivity contribution in [2.24, 2.45) is 0 Å². The number of rotatable bonds is 4. The van der Waals surface area contributed by atoms with E-state index in [1.807, 2.05) is 12.1 Å². The summed E-state index contributed by atoms with van der Waals surface area (Å²) in [6.45, 7) is 5.35. The predicted octanol–water partition coefficient (Wildman–Crippen LogP) is 4.33. The van der Waals surface area contributed by atoms with Crippen LogP contribution in [0.5, 0.6) is 0 Å². The molecule has 3 rings (SSSR count). The number of hydrogen-bond acceptors (Lipinski definition) is 2. The Morgan fingerprint density at radius 3 is 2.86 bits per heavy atom. The number of fused-ring (bicyclic) bond motifs is 1. The molecule has 2 unspecified atom stereocenters. The van der Waals surface area contributed by atoms with Gasteiger partial charge < -0.3 is 5.32 Å². The van der Waals surface area contributed by atoms with E-state index >= 15 is 0 Å². The van der Waals surface area contributed by atoms with Crippen LogP contribution >= 0.6 is 0 Å². The number of nitrogens with one attached hydrogen (secondary N) is 1. The summed E-state index contributed by atoms with van der Waals surface area (Å²) in [5.41, 5.74) is 2.27. The predicted molar refractivity (Wildman–Crippen MR) is 83.2 cm³/mol. The second kappa shape index (κ2) is 5.88. The van der Waals surface area contributed by atoms with Crippen molar-refractivity contribution in [1.82, 2.24) is 9.78 Å². The highest BCUT2D eigenvalue weighted by Gasteiger charge is 2.24. The van der Waals surface area contributed by atoms with Crippen LogP contribution in [0.25, 0.3) is 0 Å². The van der Waals surface area contributed by atoms with E-state index in [1.54, 1.807) is 0 Å². The molecule has 0 saturated heterocycles. The van der Waals surface area contributed by atoms with E-state index in [1.165, 1.54) is 12.1 Å². The molecule has 2 atom stereocenters. The first kappa shape index (κ1) is 14.1. The average molecular weight is 287 g/mol. The number of anilines is 1. The second-order valence-corrected chi connectivity index (χ2v) is 5.87. The fourth-order valence-electron chi connectivity index (χ4n) is 3.06. The minimum Gasteiger partial charge on any atom is -0.370 e. The van der Waals surface area contributed by atoms with Crippen LogP contribution < -0.4 is 5.32 Å². The third-order valence-electron chi connectivity index (χ3n) is 4.26. The molecule has 1 N–H and O–H groups in total. The van der Waals surface area contributed by atoms with Crippen molar-refractivity contribution in [3.05, 3.63) is 47.4 Å². The summed E-state index contributed by atoms with van der Waals surface area (Å²) in [4.78, 5) is 0. The van der Waals surface area contributed by atoms with E-state index in [2.05, 4.69) is 29.9 Å². The Morgan fingerprint density at radius 2 is 2.14 bits per heavy atom. The summed E-state index contributed by atoms with van der Waals surface area (Å²) < 4.78 is 15.2. The van der Waals surface area contributed by atoms with Gasteiger partial charge in [-0.15, -0.1) is 0 Å². The molecule has 1 aromatic carbocycles. The largest absolute Gasteiger partial charge is 0.370 e. The van der Waals surface area contributed by atoms with Crippen LogP contribution in [0, 0.1) is 5.82 Å². The molecular formula is C17H22FN3. The first-order valence-electron chi connectivity index (χ1n) is 7.77. The van der Waals surface area contributed by atoms with E-state index in [-0.39, 0.29) is 11.9 Å². The summed E-state index contributed by atoms with van der Waals surface area (Å²) in [5, 5.41) is 8.23. The van der Waals surface area contributed by atoms with Crippen molar-refractivity contribution >= 4 is 5.82 Å². The van der Waals surface area contributed by atoms with E-state index in [0.717, 1.165) is 42.9 Å². The zero-order chi connectivity index (χ0) is 14.8. The third kappa shape index (κ3) is 2.80. The molecule has 1 aliphatic heterocycles. The maximum Gasteiger partial charge on any atom is 0.125 e. The second-order valence-electron chi connectivity index (χ2n) is 5.87. The lowest BCUT2D eigenvalue weighted by molar-refractivity contribution is 0.472. The fraction of sp³-hybridized carbons (Fsp3) is 0.471. The van der Waals surface area contributed by atoms with Gasteiger partial charge in [-0.05, 0) is 30.5 Å². The van der Waals surface area contributed by atoms with Crippen molar-refractivity contribution in [2.75, 3.05) is 11.9 Å². The summed E-state index contributed by atoms with van der Waals surface area (Å²) in [6.07, 6.45) is 3.29. The fourth-order valence-corrected chi connectivity index (χ4v) is 3.06. The van der Waals surface area contributed by atoms with Gasteiger partial charge in [-0.3, -0.25) is 0 Å². The summed E-state index contributed by atoms with van der Waals surface area (Å²) in [7, 11) is 0. The lowest BCUT2D eigenvalue weighted by Crippen LogP contribution is -2.24. The van der Waals surface area contributed by atoms with Crippen molar-refractivity contribution < 1.29 is 4.39 Å². The topological polar surface area (TPSA) is 29.9 Å². The molecule has 0 bridgehead atoms. The highest BCUT2D eigenvalue weighted by atomic mass is 19.1. The number of aromatic nitrogens is 2. The van der Waals surface area contributed by atoms with Crippen LogP contribution in [0.4, 0.5) is 10.2 Å². The number of nitrogens with zero attached hydrogens (tertiary/aromatic N) is 2. The molecule has 2 heterocycles. The zero-order valence-electron chi connectivity index (χ0n) is 12.6. The summed E-state index contributed by atoms with van der Waals surface area (Å²) in [6, 6.07) is 9.15. The van der Waals surface area contributed by atoms with Crippen molar-refractivity contribution in [3.8, 4) is 0 Å². The minimum absolute atomic E-state index is 0.189. The Labute approximate surface area is 125 Å². The van der Waals surface area contributed by atoms with Gasteiger partial charge in [0.05, 0.1) is 11.7 Å². The van der Waals surface area contributed by atoms with Gasteiger partial charge in [0, 0.05) is 18.5 Å². The van der Waals surface area contributed by atoms with E-state index in [0.29, 0.717) is 5.92 Å². The lowest BCUT2D eigenvalue weighted by atomic mass is 10.0. The van der Waals surface area contributed by atoms with Crippen molar-refractivity contribution in [1.29, 1.82) is 0 Å². The normalized spacial score (nSPS) is 18.9. The van der Waals surface area contributed by atoms with E-state index in [9.17, 15) is 4.39 Å². The quantitative estimate of drug-likeness (QED) is 0.907. The zero-order valence-corrected chi connectivity index (χ0v) is 12.6. The van der Waals surface area contributed by atoms with Gasteiger partial charge in [0.2, 0.25) is 0 Å². The van der Waals surface area contributed by atoms with Crippen LogP contribution in [0.2, 0.25) is 0 Å². The molecule has 2 aromatic rings. The first-order chi connectivity index (χ1) is 10.2. The van der Waals surface area contributed by atoms with E-state index < -0.39 is 0 Å². The number of halogens is 1. The van der Waals surface area contributed by atoms with Crippen molar-refractivity contribution in [3.63, 3.8) is 0 Å². The third-order valence-corrected chi connectivity index (χ3v) is 4.26. The maximum absolute atomic E-state index is 13.1. The molecule has 0 spiro atoms. The number of hydrogen-bond donors (Lipinski definition) is 1. The van der Waals surface area contributed by atoms with Gasteiger partial charge >= 0.3 is 0 Å². The molecular weight excluding hydrogens is 265 g/mol. The monoisotopic (exact) mass is 287 g/mol. The van der Waals surface area contributed by atoms with Crippen LogP contribution in [0.1, 0.15) is 56.3 Å². The summed E-state index contributed by atoms with van der Waals surface area (Å²) >= 11 is 0. The molecule has 4 heteroatoms. The molecule has 1 aliphatic rings. The van der Waals surface area contributed by atoms with Gasteiger partial charge in [0.25, 0.3) is 0 Å². The molecule has 0 fully saturated rings. The highest BCUT2D eigenvalue weighted by molar-refractivity contribution is 5.42. The Hall–Kier alpha value is -1.84. The van der Waals surface area contributed by atoms with Gasteiger partial charge in [0.15, 0.2) is 0 Å². The van der Waals surface area contributed by atoms with Crippen molar-refractivity contribution in [2.45, 2.75) is 45.1 Å². The van der Waals surface area contributed by atoms with Crippen LogP contribution in [-0.2, 0) is 0 Å². The maximum atomic E-state index is 13.1. The molecule has 21 heavy (non-hydrogen) atoms. The Bertz CT molecular complexity index is 603. The Balaban J connectivity index is 1.92. The van der Waals surface area contributed by atoms with Crippen LogP contribution in [-0.4, -0.2) is 16.3 Å². The molecule has 0 aliphatic carbocycles. The molecule has 1 aromatic heterocycles. The molecule has 0 radical (unpaired) electrons. The van der Waals surface area contributed by atoms with Crippen LogP contribution in [0.15, 0.2) is 30.3 Å². The standard InChI is InChI=1S/C17H22FN3/c1-3-4-12(2)15-11-17-19-10-9-16(21(17)20-15)13-5-7-14(18)8-6-13/h5-8,11-12,16,19H,3-4,9-10H2,1-2H3. The average Bonchev–Trinajstić information content (AvgIpc) is 2.92. The first-order valence-corrected chi connectivity index (χ1v) is 7.77. The van der Waals surface area contributed by atoms with Crippen LogP contribution in [0.3, 0.4) is 0 Å². The Morgan fingerprint density at radius 1 is 1.38 bits per heavy atom. The SMILES string of the molecule is CCCC(C)c1cc2n(n1)C(c1ccc(F)cc1)CCN2. The number of benzene rings is 1. The van der Waals surface area contributed by atoms with Gasteiger partial charge in [-0.1, -0.05) is 32.4 Å². The molecule has 3 nitrogen and oxygen atoms in total. The molecule has 0 amide bonds. The molecule has 0 saturated carbocycles. The minimum atomic E-state index is -0.189. The molecule has 112 valence electrons. The smallest absolute Gasteiger partial charge is 0.125 e. The Kier molecular flexibility index (Phi) is 3.95. The summed E-state index contributed by atoms with van der Waals surface area (Å²) in [5.74, 6) is 1.36. The van der Waals surface area contributed by atoms with Gasteiger partial charge in [0.1, 0.15) is 11.6 Å². The lowest BCUT2D eigenvalue weighted by Gasteiger charge is -2.26. The van der Waals surface area contributed by atoms with E-state index in [4.69, 9.17) is 5.10 Å². The van der Waals surface area contributed by atoms with Gasteiger partial charge in [-0.2, -0.15) is 5.10 Å².